The molecule has 18 heteroatoms. The summed E-state index contributed by atoms with van der Waals surface area (Å²) < 4.78 is 44.9. The van der Waals surface area contributed by atoms with E-state index in [4.69, 9.17) is 37.9 Å². The zero-order chi connectivity index (χ0) is 35.5. The first-order valence-corrected chi connectivity index (χ1v) is 16.3. The van der Waals surface area contributed by atoms with Gasteiger partial charge < -0.3 is 79.2 Å². The Bertz CT molecular complexity index is 822. The number of carbonyl (C=O) groups excluding carboxylic acids is 2. The third-order valence-corrected chi connectivity index (χ3v) is 7.52. The highest BCUT2D eigenvalue weighted by molar-refractivity contribution is 5.73. The average Bonchev–Trinajstić information content (AvgIpc) is 3.22. The van der Waals surface area contributed by atoms with E-state index >= 15 is 0 Å². The SMILES string of the molecule is CC(=O)NC1CC(O)[C@@H](O)C(CO)O[C@H]1OCCOCCOCC(C)COCCOCCO[C@@H]1OC(CO)[C@H](O)C(O)CC1NC(C)=O. The van der Waals surface area contributed by atoms with E-state index in [1.54, 1.807) is 0 Å². The van der Waals surface area contributed by atoms with E-state index in [1.807, 2.05) is 6.92 Å². The third kappa shape index (κ3) is 15.9. The van der Waals surface area contributed by atoms with Gasteiger partial charge in [-0.1, -0.05) is 6.92 Å². The summed E-state index contributed by atoms with van der Waals surface area (Å²) in [6.45, 7) is 6.37. The zero-order valence-corrected chi connectivity index (χ0v) is 28.0. The number of aliphatic hydroxyl groups is 6. The Kier molecular flexibility index (Phi) is 21.0. The molecule has 2 fully saturated rings. The molecule has 48 heavy (non-hydrogen) atoms. The zero-order valence-electron chi connectivity index (χ0n) is 28.0. The molecule has 0 aromatic carbocycles. The molecule has 0 saturated carbocycles. The maximum atomic E-state index is 11.6. The highest BCUT2D eigenvalue weighted by atomic mass is 16.7. The highest BCUT2D eigenvalue weighted by Gasteiger charge is 2.40. The third-order valence-electron chi connectivity index (χ3n) is 7.52. The van der Waals surface area contributed by atoms with E-state index in [0.29, 0.717) is 39.6 Å². The van der Waals surface area contributed by atoms with Crippen molar-refractivity contribution in [2.24, 2.45) is 5.92 Å². The molecule has 2 rings (SSSR count). The molecule has 8 N–H and O–H groups in total. The van der Waals surface area contributed by atoms with E-state index in [0.717, 1.165) is 0 Å². The quantitative estimate of drug-likeness (QED) is 0.0508. The number of hydrogen-bond donors (Lipinski definition) is 8. The van der Waals surface area contributed by atoms with Crippen molar-refractivity contribution in [3.05, 3.63) is 0 Å². The van der Waals surface area contributed by atoms with Crippen LogP contribution < -0.4 is 10.6 Å². The summed E-state index contributed by atoms with van der Waals surface area (Å²) in [7, 11) is 0. The normalized spacial score (nSPS) is 31.9. The lowest BCUT2D eigenvalue weighted by Gasteiger charge is -2.27. The Morgan fingerprint density at radius 3 is 1.35 bits per heavy atom. The lowest BCUT2D eigenvalue weighted by atomic mass is 10.0. The summed E-state index contributed by atoms with van der Waals surface area (Å²) in [5.74, 6) is -0.591. The Morgan fingerprint density at radius 1 is 0.646 bits per heavy atom. The Balaban J connectivity index is 1.51. The van der Waals surface area contributed by atoms with Gasteiger partial charge in [-0.15, -0.1) is 0 Å². The molecule has 2 aliphatic heterocycles. The first-order chi connectivity index (χ1) is 23.0. The molecule has 2 amide bonds. The second-order valence-electron chi connectivity index (χ2n) is 11.9. The van der Waals surface area contributed by atoms with E-state index < -0.39 is 74.5 Å². The number of nitrogens with one attached hydrogen (secondary N) is 2. The van der Waals surface area contributed by atoms with Gasteiger partial charge in [0, 0.05) is 32.6 Å². The van der Waals surface area contributed by atoms with Gasteiger partial charge in [-0.2, -0.15) is 0 Å². The fourth-order valence-electron chi connectivity index (χ4n) is 5.10. The van der Waals surface area contributed by atoms with Crippen molar-refractivity contribution in [3.63, 3.8) is 0 Å². The number of rotatable bonds is 22. The van der Waals surface area contributed by atoms with Crippen molar-refractivity contribution in [1.29, 1.82) is 0 Å². The van der Waals surface area contributed by atoms with E-state index in [9.17, 15) is 40.2 Å². The van der Waals surface area contributed by atoms with Crippen molar-refractivity contribution in [1.82, 2.24) is 10.6 Å². The van der Waals surface area contributed by atoms with Crippen LogP contribution in [0.15, 0.2) is 0 Å². The number of amides is 2. The molecular formula is C30H56N2O16. The standard InChI is InChI=1S/C30H56N2O16/c1-18(16-43-6-4-41-8-10-45-29-21(31-19(2)35)12-23(37)27(39)25(14-33)47-29)17-44-7-5-42-9-11-46-30-22(32-20(3)36)13-24(38)28(40)26(15-34)48-30/h18,21-30,33-34,37-40H,4-17H2,1-3H3,(H,31,35)(H,32,36)/t18?,21?,22?,23?,24?,25?,26?,27-,28-,29-,30-/m1/s1. The second kappa shape index (κ2) is 23.7. The maximum Gasteiger partial charge on any atom is 0.217 e. The van der Waals surface area contributed by atoms with Crippen LogP contribution in [0, 0.1) is 5.92 Å². The molecule has 0 aromatic heterocycles. The summed E-state index contributed by atoms with van der Waals surface area (Å²) >= 11 is 0. The first-order valence-electron chi connectivity index (χ1n) is 16.3. The molecule has 10 atom stereocenters. The predicted molar refractivity (Wildman–Crippen MR) is 164 cm³/mol. The number of ether oxygens (including phenoxy) is 8. The van der Waals surface area contributed by atoms with Gasteiger partial charge in [-0.25, -0.2) is 0 Å². The molecule has 2 saturated heterocycles. The van der Waals surface area contributed by atoms with Gasteiger partial charge in [0.05, 0.1) is 104 Å². The minimum Gasteiger partial charge on any atom is -0.394 e. The van der Waals surface area contributed by atoms with Crippen LogP contribution in [0.2, 0.25) is 0 Å². The summed E-state index contributed by atoms with van der Waals surface area (Å²) in [6.07, 6.45) is -9.18. The highest BCUT2D eigenvalue weighted by Crippen LogP contribution is 2.22. The van der Waals surface area contributed by atoms with Crippen LogP contribution in [0.3, 0.4) is 0 Å². The first kappa shape index (κ1) is 42.5. The monoisotopic (exact) mass is 700 g/mol. The molecule has 0 aliphatic carbocycles. The fraction of sp³-hybridized carbons (Fsp3) is 0.933. The summed E-state index contributed by atoms with van der Waals surface area (Å²) in [4.78, 5) is 23.1. The topological polar surface area (TPSA) is 253 Å². The van der Waals surface area contributed by atoms with Crippen LogP contribution in [0.1, 0.15) is 33.6 Å². The molecule has 0 spiro atoms. The molecule has 0 aromatic rings. The van der Waals surface area contributed by atoms with Crippen molar-refractivity contribution in [3.8, 4) is 0 Å². The lowest BCUT2D eigenvalue weighted by molar-refractivity contribution is -0.208. The average molecular weight is 701 g/mol. The number of hydrogen-bond acceptors (Lipinski definition) is 16. The van der Waals surface area contributed by atoms with E-state index in [2.05, 4.69) is 10.6 Å². The molecule has 2 aliphatic rings. The van der Waals surface area contributed by atoms with Gasteiger partial charge >= 0.3 is 0 Å². The van der Waals surface area contributed by atoms with Crippen molar-refractivity contribution < 1.29 is 78.1 Å². The van der Waals surface area contributed by atoms with Gasteiger partial charge in [0.15, 0.2) is 12.6 Å². The van der Waals surface area contributed by atoms with Crippen molar-refractivity contribution >= 4 is 11.8 Å². The molecule has 0 radical (unpaired) electrons. The molecular weight excluding hydrogens is 644 g/mol. The van der Waals surface area contributed by atoms with E-state index in [-0.39, 0.29) is 57.0 Å². The Labute approximate surface area is 280 Å². The van der Waals surface area contributed by atoms with E-state index in [1.165, 1.54) is 13.8 Å². The molecule has 282 valence electrons. The van der Waals surface area contributed by atoms with Crippen LogP contribution in [-0.2, 0) is 47.5 Å². The largest absolute Gasteiger partial charge is 0.394 e. The minimum absolute atomic E-state index is 0.00763. The van der Waals surface area contributed by atoms with Gasteiger partial charge in [0.25, 0.3) is 0 Å². The number of aliphatic hydroxyl groups excluding tert-OH is 6. The Hall–Kier alpha value is -1.62. The van der Waals surface area contributed by atoms with Gasteiger partial charge in [0.1, 0.15) is 24.4 Å². The summed E-state index contributed by atoms with van der Waals surface area (Å²) in [6, 6.07) is -1.44. The van der Waals surface area contributed by atoms with Crippen LogP contribution >= 0.6 is 0 Å². The van der Waals surface area contributed by atoms with Crippen molar-refractivity contribution in [2.75, 3.05) is 79.3 Å². The Morgan fingerprint density at radius 2 is 1.00 bits per heavy atom. The van der Waals surface area contributed by atoms with Gasteiger partial charge in [0.2, 0.25) is 11.8 Å². The summed E-state index contributed by atoms with van der Waals surface area (Å²) in [5.41, 5.74) is 0. The van der Waals surface area contributed by atoms with Gasteiger partial charge in [-0.05, 0) is 0 Å². The lowest BCUT2D eigenvalue weighted by Crippen LogP contribution is -2.46. The predicted octanol–water partition coefficient (Wildman–Crippen LogP) is -3.61. The number of carbonyl (C=O) groups is 2. The fourth-order valence-corrected chi connectivity index (χ4v) is 5.10. The summed E-state index contributed by atoms with van der Waals surface area (Å²) in [5, 5.41) is 64.8. The van der Waals surface area contributed by atoms with Crippen LogP contribution in [-0.4, -0.2) is 183 Å². The molecule has 6 unspecified atom stereocenters. The van der Waals surface area contributed by atoms with Crippen molar-refractivity contribution in [2.45, 2.75) is 94.9 Å². The van der Waals surface area contributed by atoms with Crippen LogP contribution in [0.5, 0.6) is 0 Å². The van der Waals surface area contributed by atoms with Crippen LogP contribution in [0.4, 0.5) is 0 Å². The molecule has 2 heterocycles. The molecule has 0 bridgehead atoms. The maximum absolute atomic E-state index is 11.6. The smallest absolute Gasteiger partial charge is 0.217 e. The van der Waals surface area contributed by atoms with Crippen LogP contribution in [0.25, 0.3) is 0 Å². The minimum atomic E-state index is -1.32. The van der Waals surface area contributed by atoms with Gasteiger partial charge in [-0.3, -0.25) is 9.59 Å². The molecule has 18 nitrogen and oxygen atoms in total. The second-order valence-corrected chi connectivity index (χ2v) is 11.9.